The molecule has 22 heavy (non-hydrogen) atoms. The number of anilines is 1. The van der Waals surface area contributed by atoms with E-state index >= 15 is 0 Å². The topological polar surface area (TPSA) is 3.24 Å². The summed E-state index contributed by atoms with van der Waals surface area (Å²) in [5, 5.41) is 0. The fraction of sp³-hybridized carbons (Fsp3) is 0.429. The molecule has 0 bridgehead atoms. The monoisotopic (exact) mass is 291 g/mol. The molecule has 1 fully saturated rings. The van der Waals surface area contributed by atoms with E-state index in [0.29, 0.717) is 6.04 Å². The van der Waals surface area contributed by atoms with Crippen LogP contribution < -0.4 is 4.90 Å². The predicted molar refractivity (Wildman–Crippen MR) is 93.7 cm³/mol. The molecule has 0 heterocycles. The summed E-state index contributed by atoms with van der Waals surface area (Å²) in [6.45, 7) is 2.37. The average molecular weight is 291 g/mol. The van der Waals surface area contributed by atoms with Crippen molar-refractivity contribution in [2.45, 2.75) is 38.6 Å². The minimum atomic E-state index is 0.485. The highest BCUT2D eigenvalue weighted by molar-refractivity contribution is 5.57. The van der Waals surface area contributed by atoms with Gasteiger partial charge in [0.25, 0.3) is 0 Å². The first-order chi connectivity index (χ1) is 10.8. The zero-order chi connectivity index (χ0) is 14.9. The van der Waals surface area contributed by atoms with E-state index in [0.717, 1.165) is 17.8 Å². The molecule has 0 radical (unpaired) electrons. The Balaban J connectivity index is 1.69. The lowest BCUT2D eigenvalue weighted by Crippen LogP contribution is -2.37. The molecule has 0 amide bonds. The van der Waals surface area contributed by atoms with Crippen molar-refractivity contribution in [3.63, 3.8) is 0 Å². The van der Waals surface area contributed by atoms with Gasteiger partial charge in [0, 0.05) is 11.4 Å². The molecule has 0 aliphatic heterocycles. The molecular weight excluding hydrogens is 266 g/mol. The molecule has 0 saturated heterocycles. The second-order valence-electron chi connectivity index (χ2n) is 7.13. The maximum absolute atomic E-state index is 2.55. The Labute approximate surface area is 134 Å². The lowest BCUT2D eigenvalue weighted by atomic mass is 9.71. The summed E-state index contributed by atoms with van der Waals surface area (Å²) in [7, 11) is 0. The molecule has 0 N–H and O–H groups in total. The van der Waals surface area contributed by atoms with Crippen LogP contribution in [0, 0.1) is 17.8 Å². The minimum Gasteiger partial charge on any atom is -0.335 e. The van der Waals surface area contributed by atoms with Crippen molar-refractivity contribution in [3.8, 4) is 0 Å². The number of benzene rings is 1. The van der Waals surface area contributed by atoms with Gasteiger partial charge in [-0.05, 0) is 61.6 Å². The summed E-state index contributed by atoms with van der Waals surface area (Å²) in [5.41, 5.74) is 2.72. The van der Waals surface area contributed by atoms with E-state index in [9.17, 15) is 0 Å². The van der Waals surface area contributed by atoms with Gasteiger partial charge in [-0.2, -0.15) is 0 Å². The van der Waals surface area contributed by atoms with Crippen LogP contribution in [0.2, 0.25) is 0 Å². The van der Waals surface area contributed by atoms with Crippen molar-refractivity contribution in [1.29, 1.82) is 0 Å². The molecule has 0 spiro atoms. The summed E-state index contributed by atoms with van der Waals surface area (Å²) < 4.78 is 0. The Morgan fingerprint density at radius 1 is 1.00 bits per heavy atom. The fourth-order valence-corrected chi connectivity index (χ4v) is 4.02. The SMILES string of the molecule is CC1CC=CC(N(C2=CC3CCC3C=C2)c2ccccc2)C1. The standard InChI is InChI=1S/C21H25N/c1-16-6-5-9-20(14-16)22(19-7-3-2-4-8-19)21-13-12-17-10-11-18(17)15-21/h2-5,7-9,12-13,15-18,20H,6,10-11,14H2,1H3. The molecule has 4 atom stereocenters. The zero-order valence-electron chi connectivity index (χ0n) is 13.4. The first kappa shape index (κ1) is 13.9. The maximum atomic E-state index is 2.55. The Bertz CT molecular complexity index is 610. The van der Waals surface area contributed by atoms with Crippen molar-refractivity contribution in [2.24, 2.45) is 17.8 Å². The minimum absolute atomic E-state index is 0.485. The Kier molecular flexibility index (Phi) is 3.65. The van der Waals surface area contributed by atoms with Gasteiger partial charge < -0.3 is 4.90 Å². The Hall–Kier alpha value is -1.76. The van der Waals surface area contributed by atoms with Crippen LogP contribution in [0.3, 0.4) is 0 Å². The van der Waals surface area contributed by atoms with Gasteiger partial charge in [-0.3, -0.25) is 0 Å². The van der Waals surface area contributed by atoms with Crippen LogP contribution in [-0.2, 0) is 0 Å². The van der Waals surface area contributed by atoms with E-state index in [4.69, 9.17) is 0 Å². The lowest BCUT2D eigenvalue weighted by molar-refractivity contribution is 0.280. The van der Waals surface area contributed by atoms with Crippen molar-refractivity contribution in [3.05, 3.63) is 66.4 Å². The van der Waals surface area contributed by atoms with Crippen LogP contribution in [-0.4, -0.2) is 6.04 Å². The van der Waals surface area contributed by atoms with Gasteiger partial charge >= 0.3 is 0 Å². The highest BCUT2D eigenvalue weighted by atomic mass is 15.2. The first-order valence-corrected chi connectivity index (χ1v) is 8.72. The summed E-state index contributed by atoms with van der Waals surface area (Å²) in [4.78, 5) is 2.55. The van der Waals surface area contributed by atoms with Crippen LogP contribution in [0.5, 0.6) is 0 Å². The molecular formula is C21H25N. The molecule has 1 nitrogen and oxygen atoms in total. The van der Waals surface area contributed by atoms with E-state index in [-0.39, 0.29) is 0 Å². The van der Waals surface area contributed by atoms with E-state index in [1.165, 1.54) is 37.1 Å². The van der Waals surface area contributed by atoms with Crippen LogP contribution in [0.4, 0.5) is 5.69 Å². The Morgan fingerprint density at radius 2 is 1.82 bits per heavy atom. The molecule has 1 heteroatoms. The highest BCUT2D eigenvalue weighted by Crippen LogP contribution is 2.42. The third-order valence-corrected chi connectivity index (χ3v) is 5.47. The Morgan fingerprint density at radius 3 is 2.50 bits per heavy atom. The third kappa shape index (κ3) is 2.54. The smallest absolute Gasteiger partial charge is 0.0524 e. The summed E-state index contributed by atoms with van der Waals surface area (Å²) in [6.07, 6.45) is 17.3. The molecule has 3 aliphatic rings. The molecule has 0 aromatic heterocycles. The van der Waals surface area contributed by atoms with Crippen molar-refractivity contribution in [2.75, 3.05) is 4.90 Å². The molecule has 3 aliphatic carbocycles. The number of allylic oxidation sites excluding steroid dienone is 4. The molecule has 4 rings (SSSR count). The number of hydrogen-bond donors (Lipinski definition) is 0. The number of nitrogens with zero attached hydrogens (tertiary/aromatic N) is 1. The van der Waals surface area contributed by atoms with E-state index < -0.39 is 0 Å². The van der Waals surface area contributed by atoms with Crippen molar-refractivity contribution >= 4 is 5.69 Å². The quantitative estimate of drug-likeness (QED) is 0.681. The number of para-hydroxylation sites is 1. The van der Waals surface area contributed by atoms with Gasteiger partial charge in [-0.1, -0.05) is 49.4 Å². The largest absolute Gasteiger partial charge is 0.335 e. The first-order valence-electron chi connectivity index (χ1n) is 8.72. The van der Waals surface area contributed by atoms with Gasteiger partial charge in [0.2, 0.25) is 0 Å². The molecule has 1 aromatic carbocycles. The summed E-state index contributed by atoms with van der Waals surface area (Å²) in [5.74, 6) is 2.35. The van der Waals surface area contributed by atoms with Gasteiger partial charge in [0.15, 0.2) is 0 Å². The van der Waals surface area contributed by atoms with Crippen LogP contribution in [0.1, 0.15) is 32.6 Å². The third-order valence-electron chi connectivity index (χ3n) is 5.47. The van der Waals surface area contributed by atoms with Gasteiger partial charge in [-0.25, -0.2) is 0 Å². The van der Waals surface area contributed by atoms with Crippen LogP contribution >= 0.6 is 0 Å². The van der Waals surface area contributed by atoms with Crippen molar-refractivity contribution in [1.82, 2.24) is 0 Å². The highest BCUT2D eigenvalue weighted by Gasteiger charge is 2.32. The van der Waals surface area contributed by atoms with E-state index in [2.05, 4.69) is 72.5 Å². The number of hydrogen-bond acceptors (Lipinski definition) is 1. The van der Waals surface area contributed by atoms with E-state index in [1.54, 1.807) is 0 Å². The van der Waals surface area contributed by atoms with Gasteiger partial charge in [0.1, 0.15) is 0 Å². The van der Waals surface area contributed by atoms with Crippen LogP contribution in [0.15, 0.2) is 66.4 Å². The molecule has 1 aromatic rings. The number of fused-ring (bicyclic) bond motifs is 1. The fourth-order valence-electron chi connectivity index (χ4n) is 4.02. The summed E-state index contributed by atoms with van der Waals surface area (Å²) in [6, 6.07) is 11.4. The number of rotatable bonds is 3. The van der Waals surface area contributed by atoms with Crippen molar-refractivity contribution < 1.29 is 0 Å². The molecule has 114 valence electrons. The zero-order valence-corrected chi connectivity index (χ0v) is 13.4. The van der Waals surface area contributed by atoms with Gasteiger partial charge in [0.05, 0.1) is 6.04 Å². The van der Waals surface area contributed by atoms with Gasteiger partial charge in [-0.15, -0.1) is 0 Å². The average Bonchev–Trinajstić information content (AvgIpc) is 2.51. The lowest BCUT2D eigenvalue weighted by Gasteiger charge is -2.41. The predicted octanol–water partition coefficient (Wildman–Crippen LogP) is 5.33. The summed E-state index contributed by atoms with van der Waals surface area (Å²) >= 11 is 0. The maximum Gasteiger partial charge on any atom is 0.0524 e. The van der Waals surface area contributed by atoms with E-state index in [1.807, 2.05) is 0 Å². The second-order valence-corrected chi connectivity index (χ2v) is 7.13. The molecule has 4 unspecified atom stereocenters. The van der Waals surface area contributed by atoms with Crippen LogP contribution in [0.25, 0.3) is 0 Å². The second kappa shape index (κ2) is 5.79. The normalized spacial score (nSPS) is 32.9. The molecule has 1 saturated carbocycles.